The molecule has 0 atom stereocenters. The van der Waals surface area contributed by atoms with Gasteiger partial charge in [-0.25, -0.2) is 9.97 Å². The van der Waals surface area contributed by atoms with E-state index in [9.17, 15) is 0 Å². The van der Waals surface area contributed by atoms with Crippen LogP contribution in [0.5, 0.6) is 5.88 Å². The number of hydrogen-bond acceptors (Lipinski definition) is 3. The van der Waals surface area contributed by atoms with E-state index in [4.69, 9.17) is 39.5 Å². The third-order valence-electron chi connectivity index (χ3n) is 2.02. The van der Waals surface area contributed by atoms with Gasteiger partial charge in [0.05, 0.1) is 12.4 Å². The molecule has 1 heterocycles. The number of nitrogens with zero attached hydrogens (tertiary/aromatic N) is 2. The van der Waals surface area contributed by atoms with E-state index in [2.05, 4.69) is 9.97 Å². The molecule has 0 aliphatic heterocycles. The van der Waals surface area contributed by atoms with Gasteiger partial charge >= 0.3 is 0 Å². The molecule has 6 heteroatoms. The van der Waals surface area contributed by atoms with Crippen molar-refractivity contribution < 1.29 is 4.74 Å². The Bertz CT molecular complexity index is 496. The highest BCUT2D eigenvalue weighted by atomic mass is 35.5. The smallest absolute Gasteiger partial charge is 0.232 e. The molecule has 2 aromatic rings. The van der Waals surface area contributed by atoms with Crippen molar-refractivity contribution >= 4 is 34.8 Å². The van der Waals surface area contributed by atoms with Crippen molar-refractivity contribution in [1.82, 2.24) is 9.97 Å². The molecule has 17 heavy (non-hydrogen) atoms. The average Bonchev–Trinajstić information content (AvgIpc) is 2.31. The summed E-state index contributed by atoms with van der Waals surface area (Å²) in [4.78, 5) is 7.80. The van der Waals surface area contributed by atoms with Crippen LogP contribution in [0.1, 0.15) is 5.56 Å². The first kappa shape index (κ1) is 12.4. The molecule has 0 fully saturated rings. The molecular weight excluding hydrogens is 282 g/mol. The molecule has 0 aliphatic rings. The second-order valence-corrected chi connectivity index (χ2v) is 4.37. The number of aromatic nitrogens is 2. The van der Waals surface area contributed by atoms with Gasteiger partial charge in [0.15, 0.2) is 0 Å². The molecule has 0 spiro atoms. The minimum absolute atomic E-state index is 0.231. The number of hydrogen-bond donors (Lipinski definition) is 0. The molecular formula is C11H7Cl3N2O. The Kier molecular flexibility index (Phi) is 4.05. The molecule has 0 amide bonds. The molecule has 0 radical (unpaired) electrons. The number of ether oxygens (including phenoxy) is 1. The Morgan fingerprint density at radius 1 is 1.00 bits per heavy atom. The van der Waals surface area contributed by atoms with E-state index in [1.807, 2.05) is 0 Å². The molecule has 0 unspecified atom stereocenters. The van der Waals surface area contributed by atoms with E-state index < -0.39 is 0 Å². The normalized spacial score (nSPS) is 10.3. The Morgan fingerprint density at radius 3 is 2.29 bits per heavy atom. The molecule has 0 bridgehead atoms. The summed E-state index contributed by atoms with van der Waals surface area (Å²) in [5.41, 5.74) is 0.715. The minimum Gasteiger partial charge on any atom is -0.472 e. The van der Waals surface area contributed by atoms with Crippen molar-refractivity contribution in [3.05, 3.63) is 51.4 Å². The van der Waals surface area contributed by atoms with Gasteiger partial charge < -0.3 is 4.74 Å². The van der Waals surface area contributed by atoms with Crippen LogP contribution in [0.3, 0.4) is 0 Å². The maximum Gasteiger partial charge on any atom is 0.232 e. The molecule has 88 valence electrons. The average molecular weight is 290 g/mol. The summed E-state index contributed by atoms with van der Waals surface area (Å²) in [7, 11) is 0. The van der Waals surface area contributed by atoms with Gasteiger partial charge in [-0.05, 0) is 12.1 Å². The highest BCUT2D eigenvalue weighted by molar-refractivity contribution is 6.35. The lowest BCUT2D eigenvalue weighted by Crippen LogP contribution is -1.99. The van der Waals surface area contributed by atoms with Crippen LogP contribution in [-0.2, 0) is 6.61 Å². The van der Waals surface area contributed by atoms with Crippen molar-refractivity contribution in [2.45, 2.75) is 6.61 Å². The third-order valence-corrected chi connectivity index (χ3v) is 2.93. The highest BCUT2D eigenvalue weighted by Crippen LogP contribution is 2.25. The van der Waals surface area contributed by atoms with Crippen molar-refractivity contribution in [2.75, 3.05) is 0 Å². The Hall–Kier alpha value is -1.03. The Labute approximate surface area is 113 Å². The van der Waals surface area contributed by atoms with Crippen molar-refractivity contribution in [1.29, 1.82) is 0 Å². The van der Waals surface area contributed by atoms with Crippen LogP contribution >= 0.6 is 34.8 Å². The predicted octanol–water partition coefficient (Wildman–Crippen LogP) is 4.02. The van der Waals surface area contributed by atoms with Crippen LogP contribution in [0.2, 0.25) is 15.2 Å². The summed E-state index contributed by atoms with van der Waals surface area (Å²) in [6.45, 7) is 0.231. The molecule has 0 aliphatic carbocycles. The van der Waals surface area contributed by atoms with Gasteiger partial charge in [0.2, 0.25) is 5.88 Å². The van der Waals surface area contributed by atoms with E-state index in [0.29, 0.717) is 26.6 Å². The van der Waals surface area contributed by atoms with Crippen molar-refractivity contribution in [3.8, 4) is 5.88 Å². The van der Waals surface area contributed by atoms with Crippen LogP contribution in [0.4, 0.5) is 0 Å². The lowest BCUT2D eigenvalue weighted by molar-refractivity contribution is 0.292. The summed E-state index contributed by atoms with van der Waals surface area (Å²) in [6, 6.07) is 5.27. The van der Waals surface area contributed by atoms with E-state index in [0.717, 1.165) is 0 Å². The Morgan fingerprint density at radius 2 is 1.71 bits per heavy atom. The zero-order valence-corrected chi connectivity index (χ0v) is 10.8. The molecule has 0 saturated carbocycles. The number of benzene rings is 1. The van der Waals surface area contributed by atoms with Gasteiger partial charge in [-0.3, -0.25) is 0 Å². The molecule has 0 saturated heterocycles. The van der Waals surface area contributed by atoms with Gasteiger partial charge in [0.25, 0.3) is 0 Å². The van der Waals surface area contributed by atoms with Gasteiger partial charge in [-0.1, -0.05) is 40.9 Å². The van der Waals surface area contributed by atoms with Crippen LogP contribution in [0.25, 0.3) is 0 Å². The minimum atomic E-state index is 0.231. The number of halogens is 3. The fraction of sp³-hybridized carbons (Fsp3) is 0.0909. The lowest BCUT2D eigenvalue weighted by atomic mass is 10.2. The summed E-state index contributed by atoms with van der Waals surface area (Å²) in [6.07, 6.45) is 2.85. The molecule has 1 aromatic carbocycles. The van der Waals surface area contributed by atoms with Crippen molar-refractivity contribution in [2.24, 2.45) is 0 Å². The summed E-state index contributed by atoms with van der Waals surface area (Å²) in [5, 5.41) is 1.42. The standard InChI is InChI=1S/C11H7Cl3N2O/c12-8-2-1-3-9(13)7(8)6-17-11-5-15-10(14)4-16-11/h1-5H,6H2. The third kappa shape index (κ3) is 3.22. The van der Waals surface area contributed by atoms with Gasteiger partial charge in [0.1, 0.15) is 11.8 Å². The van der Waals surface area contributed by atoms with Gasteiger partial charge in [-0.15, -0.1) is 0 Å². The first-order valence-electron chi connectivity index (χ1n) is 4.70. The number of rotatable bonds is 3. The second kappa shape index (κ2) is 5.54. The fourth-order valence-corrected chi connectivity index (χ4v) is 1.80. The van der Waals surface area contributed by atoms with Gasteiger partial charge in [0, 0.05) is 15.6 Å². The van der Waals surface area contributed by atoms with E-state index in [1.54, 1.807) is 18.2 Å². The largest absolute Gasteiger partial charge is 0.472 e. The van der Waals surface area contributed by atoms with Crippen LogP contribution in [-0.4, -0.2) is 9.97 Å². The van der Waals surface area contributed by atoms with Gasteiger partial charge in [-0.2, -0.15) is 0 Å². The maximum absolute atomic E-state index is 6.00. The molecule has 3 nitrogen and oxygen atoms in total. The van der Waals surface area contributed by atoms with E-state index in [1.165, 1.54) is 12.4 Å². The monoisotopic (exact) mass is 288 g/mol. The van der Waals surface area contributed by atoms with Crippen LogP contribution in [0, 0.1) is 0 Å². The SMILES string of the molecule is Clc1cnc(OCc2c(Cl)cccc2Cl)cn1. The first-order valence-corrected chi connectivity index (χ1v) is 5.83. The Balaban J connectivity index is 2.10. The van der Waals surface area contributed by atoms with Crippen molar-refractivity contribution in [3.63, 3.8) is 0 Å². The first-order chi connectivity index (χ1) is 8.16. The second-order valence-electron chi connectivity index (χ2n) is 3.17. The molecule has 2 rings (SSSR count). The maximum atomic E-state index is 6.00. The van der Waals surface area contributed by atoms with E-state index >= 15 is 0 Å². The summed E-state index contributed by atoms with van der Waals surface area (Å²) < 4.78 is 5.41. The molecule has 1 aromatic heterocycles. The zero-order chi connectivity index (χ0) is 12.3. The quantitative estimate of drug-likeness (QED) is 0.856. The van der Waals surface area contributed by atoms with E-state index in [-0.39, 0.29) is 6.61 Å². The van der Waals surface area contributed by atoms with Crippen LogP contribution in [0.15, 0.2) is 30.6 Å². The topological polar surface area (TPSA) is 35.0 Å². The highest BCUT2D eigenvalue weighted by Gasteiger charge is 2.06. The predicted molar refractivity (Wildman–Crippen MR) is 67.8 cm³/mol. The summed E-state index contributed by atoms with van der Waals surface area (Å²) >= 11 is 17.6. The fourth-order valence-electron chi connectivity index (χ4n) is 1.19. The lowest BCUT2D eigenvalue weighted by Gasteiger charge is -2.08. The van der Waals surface area contributed by atoms with Crippen LogP contribution < -0.4 is 4.74 Å². The molecule has 0 N–H and O–H groups in total. The zero-order valence-electron chi connectivity index (χ0n) is 8.53. The summed E-state index contributed by atoms with van der Waals surface area (Å²) in [5.74, 6) is 0.366.